The third kappa shape index (κ3) is 4.03. The molecule has 0 fully saturated rings. The summed E-state index contributed by atoms with van der Waals surface area (Å²) >= 11 is 0. The van der Waals surface area contributed by atoms with E-state index >= 15 is 0 Å². The minimum atomic E-state index is -0.306. The van der Waals surface area contributed by atoms with Crippen molar-refractivity contribution in [1.82, 2.24) is 5.16 Å². The van der Waals surface area contributed by atoms with E-state index in [9.17, 15) is 4.79 Å². The second kappa shape index (κ2) is 7.66. The van der Waals surface area contributed by atoms with Crippen LogP contribution in [-0.2, 0) is 6.61 Å². The van der Waals surface area contributed by atoms with Crippen LogP contribution < -0.4 is 10.1 Å². The van der Waals surface area contributed by atoms with Gasteiger partial charge in [0.25, 0.3) is 5.91 Å². The van der Waals surface area contributed by atoms with E-state index in [0.29, 0.717) is 11.3 Å². The summed E-state index contributed by atoms with van der Waals surface area (Å²) in [7, 11) is 0. The highest BCUT2D eigenvalue weighted by Gasteiger charge is 2.21. The molecule has 1 aromatic heterocycles. The summed E-state index contributed by atoms with van der Waals surface area (Å²) in [5, 5.41) is 6.87. The molecular weight excluding hydrogens is 340 g/mol. The zero-order valence-corrected chi connectivity index (χ0v) is 16.3. The van der Waals surface area contributed by atoms with Crippen LogP contribution in [0.4, 0.5) is 5.69 Å². The molecule has 1 heterocycles. The van der Waals surface area contributed by atoms with Crippen LogP contribution >= 0.6 is 0 Å². The van der Waals surface area contributed by atoms with Crippen LogP contribution in [0.15, 0.2) is 40.9 Å². The fraction of sp³-hybridized carbons (Fsp3) is 0.273. The summed E-state index contributed by atoms with van der Waals surface area (Å²) in [5.41, 5.74) is 6.03. The zero-order valence-electron chi connectivity index (χ0n) is 16.3. The number of nitrogens with one attached hydrogen (secondary N) is 1. The van der Waals surface area contributed by atoms with E-state index in [0.717, 1.165) is 28.1 Å². The van der Waals surface area contributed by atoms with Crippen molar-refractivity contribution in [1.29, 1.82) is 0 Å². The zero-order chi connectivity index (χ0) is 19.6. The number of carbonyl (C=O) groups excluding carboxylic acids is 1. The number of hydrogen-bond donors (Lipinski definition) is 1. The summed E-state index contributed by atoms with van der Waals surface area (Å²) < 4.78 is 11.2. The number of nitrogens with zero attached hydrogens (tertiary/aromatic N) is 1. The number of hydrogen-bond acceptors (Lipinski definition) is 4. The molecule has 0 saturated carbocycles. The van der Waals surface area contributed by atoms with E-state index < -0.39 is 0 Å². The van der Waals surface area contributed by atoms with Gasteiger partial charge in [-0.05, 0) is 63.4 Å². The van der Waals surface area contributed by atoms with Crippen molar-refractivity contribution in [3.63, 3.8) is 0 Å². The number of rotatable bonds is 5. The molecule has 0 aliphatic heterocycles. The van der Waals surface area contributed by atoms with Crippen molar-refractivity contribution in [2.75, 3.05) is 5.32 Å². The van der Waals surface area contributed by atoms with Crippen LogP contribution in [0.1, 0.15) is 44.1 Å². The van der Waals surface area contributed by atoms with E-state index in [4.69, 9.17) is 9.26 Å². The Kier molecular flexibility index (Phi) is 5.31. The first-order valence-electron chi connectivity index (χ1n) is 8.89. The Balaban J connectivity index is 1.79. The van der Waals surface area contributed by atoms with Gasteiger partial charge in [0.1, 0.15) is 18.1 Å². The minimum absolute atomic E-state index is 0.217. The van der Waals surface area contributed by atoms with E-state index in [2.05, 4.69) is 16.5 Å². The summed E-state index contributed by atoms with van der Waals surface area (Å²) in [4.78, 5) is 12.7. The molecule has 3 rings (SSSR count). The fourth-order valence-corrected chi connectivity index (χ4v) is 2.92. The van der Waals surface area contributed by atoms with Gasteiger partial charge >= 0.3 is 0 Å². The first-order valence-corrected chi connectivity index (χ1v) is 8.89. The molecule has 0 aliphatic rings. The number of anilines is 1. The van der Waals surface area contributed by atoms with Crippen molar-refractivity contribution in [3.05, 3.63) is 75.7 Å². The highest BCUT2D eigenvalue weighted by Crippen LogP contribution is 2.24. The second-order valence-electron chi connectivity index (χ2n) is 6.83. The molecule has 0 bridgehead atoms. The predicted octanol–water partition coefficient (Wildman–Crippen LogP) is 5.05. The molecule has 5 nitrogen and oxygen atoms in total. The highest BCUT2D eigenvalue weighted by atomic mass is 16.5. The maximum absolute atomic E-state index is 12.7. The number of carbonyl (C=O) groups is 1. The quantitative estimate of drug-likeness (QED) is 0.688. The van der Waals surface area contributed by atoms with Crippen molar-refractivity contribution in [3.8, 4) is 5.75 Å². The largest absolute Gasteiger partial charge is 0.488 e. The van der Waals surface area contributed by atoms with Crippen molar-refractivity contribution >= 4 is 11.6 Å². The Morgan fingerprint density at radius 1 is 1.07 bits per heavy atom. The first-order chi connectivity index (χ1) is 12.9. The maximum Gasteiger partial charge on any atom is 0.278 e. The molecular formula is C22H24N2O3. The number of amides is 1. The van der Waals surface area contributed by atoms with Crippen molar-refractivity contribution in [2.45, 2.75) is 41.2 Å². The van der Waals surface area contributed by atoms with Crippen LogP contribution in [0.2, 0.25) is 0 Å². The number of benzene rings is 2. The lowest BCUT2D eigenvalue weighted by Crippen LogP contribution is -2.16. The first kappa shape index (κ1) is 18.7. The third-order valence-electron chi connectivity index (χ3n) is 4.76. The molecule has 0 radical (unpaired) electrons. The van der Waals surface area contributed by atoms with Crippen LogP contribution in [0, 0.1) is 34.6 Å². The Morgan fingerprint density at radius 2 is 1.85 bits per heavy atom. The molecule has 3 aromatic rings. The van der Waals surface area contributed by atoms with Gasteiger partial charge in [-0.2, -0.15) is 0 Å². The van der Waals surface area contributed by atoms with Gasteiger partial charge in [0.2, 0.25) is 0 Å². The lowest BCUT2D eigenvalue weighted by atomic mass is 10.1. The minimum Gasteiger partial charge on any atom is -0.488 e. The van der Waals surface area contributed by atoms with Crippen LogP contribution in [0.25, 0.3) is 0 Å². The van der Waals surface area contributed by atoms with Gasteiger partial charge < -0.3 is 14.6 Å². The van der Waals surface area contributed by atoms with E-state index in [1.807, 2.05) is 58.0 Å². The molecule has 1 amide bonds. The van der Waals surface area contributed by atoms with Gasteiger partial charge in [0.15, 0.2) is 5.69 Å². The van der Waals surface area contributed by atoms with Gasteiger partial charge in [0.05, 0.1) is 5.56 Å². The van der Waals surface area contributed by atoms with Crippen molar-refractivity contribution in [2.24, 2.45) is 0 Å². The average molecular weight is 364 g/mol. The molecule has 0 unspecified atom stereocenters. The number of aryl methyl sites for hydroxylation is 4. The molecule has 2 aromatic carbocycles. The van der Waals surface area contributed by atoms with Gasteiger partial charge in [-0.1, -0.05) is 35.0 Å². The topological polar surface area (TPSA) is 64.4 Å². The van der Waals surface area contributed by atoms with E-state index in [-0.39, 0.29) is 18.2 Å². The Morgan fingerprint density at radius 3 is 2.59 bits per heavy atom. The van der Waals surface area contributed by atoms with Crippen molar-refractivity contribution < 1.29 is 14.1 Å². The summed E-state index contributed by atoms with van der Waals surface area (Å²) in [6.07, 6.45) is 0. The third-order valence-corrected chi connectivity index (χ3v) is 4.76. The summed E-state index contributed by atoms with van der Waals surface area (Å²) in [6.45, 7) is 10.0. The Labute approximate surface area is 159 Å². The molecule has 27 heavy (non-hydrogen) atoms. The normalized spacial score (nSPS) is 10.7. The molecule has 0 atom stereocenters. The molecule has 0 spiro atoms. The van der Waals surface area contributed by atoms with Gasteiger partial charge in [-0.15, -0.1) is 0 Å². The molecule has 0 aliphatic carbocycles. The highest BCUT2D eigenvalue weighted by molar-refractivity contribution is 6.04. The maximum atomic E-state index is 12.7. The smallest absolute Gasteiger partial charge is 0.278 e. The molecule has 140 valence electrons. The molecule has 0 saturated heterocycles. The van der Waals surface area contributed by atoms with Gasteiger partial charge in [-0.3, -0.25) is 4.79 Å². The van der Waals surface area contributed by atoms with Gasteiger partial charge in [0, 0.05) is 5.69 Å². The monoisotopic (exact) mass is 364 g/mol. The van der Waals surface area contributed by atoms with Crippen LogP contribution in [0.3, 0.4) is 0 Å². The number of ether oxygens (including phenoxy) is 1. The standard InChI is InChI=1S/C22H24N2O3/c1-13-9-10-20(15(3)11-13)26-12-18-17(5)27-24-21(18)22(25)23-19-8-6-7-14(2)16(19)4/h6-11H,12H2,1-5H3,(H,23,25). The predicted molar refractivity (Wildman–Crippen MR) is 105 cm³/mol. The fourth-order valence-electron chi connectivity index (χ4n) is 2.92. The Bertz CT molecular complexity index is 989. The van der Waals surface area contributed by atoms with Gasteiger partial charge in [-0.25, -0.2) is 0 Å². The SMILES string of the molecule is Cc1ccc(OCc2c(C(=O)Nc3cccc(C)c3C)noc2C)c(C)c1. The number of aromatic nitrogens is 1. The molecule has 1 N–H and O–H groups in total. The van der Waals surface area contributed by atoms with Crippen LogP contribution in [0.5, 0.6) is 5.75 Å². The lowest BCUT2D eigenvalue weighted by Gasteiger charge is -2.11. The van der Waals surface area contributed by atoms with Crippen LogP contribution in [-0.4, -0.2) is 11.1 Å². The molecule has 5 heteroatoms. The average Bonchev–Trinajstić information content (AvgIpc) is 2.99. The second-order valence-corrected chi connectivity index (χ2v) is 6.83. The van der Waals surface area contributed by atoms with E-state index in [1.165, 1.54) is 5.56 Å². The summed E-state index contributed by atoms with van der Waals surface area (Å²) in [5.74, 6) is 1.05. The summed E-state index contributed by atoms with van der Waals surface area (Å²) in [6, 6.07) is 11.8. The van der Waals surface area contributed by atoms with E-state index in [1.54, 1.807) is 6.92 Å². The lowest BCUT2D eigenvalue weighted by molar-refractivity contribution is 0.101. The Hall–Kier alpha value is -3.08.